The maximum absolute atomic E-state index is 8.82. The van der Waals surface area contributed by atoms with Gasteiger partial charge in [0.1, 0.15) is 5.69 Å². The molecule has 2 heterocycles. The molecule has 2 aromatic rings. The highest BCUT2D eigenvalue weighted by Gasteiger charge is 2.04. The van der Waals surface area contributed by atoms with Crippen molar-refractivity contribution in [2.45, 2.75) is 6.61 Å². The lowest BCUT2D eigenvalue weighted by atomic mass is 10.3. The van der Waals surface area contributed by atoms with Crippen LogP contribution in [0, 0.1) is 0 Å². The van der Waals surface area contributed by atoms with Crippen LogP contribution in [-0.2, 0) is 13.7 Å². The lowest BCUT2D eigenvalue weighted by Crippen LogP contribution is -1.96. The molecule has 2 aromatic heterocycles. The van der Waals surface area contributed by atoms with Gasteiger partial charge in [-0.15, -0.1) is 0 Å². The van der Waals surface area contributed by atoms with Crippen molar-refractivity contribution in [3.8, 4) is 11.5 Å². The van der Waals surface area contributed by atoms with Crippen LogP contribution < -0.4 is 0 Å². The molecule has 0 aliphatic rings. The van der Waals surface area contributed by atoms with Gasteiger partial charge in [0.15, 0.2) is 5.82 Å². The molecule has 0 amide bonds. The van der Waals surface area contributed by atoms with E-state index in [9.17, 15) is 0 Å². The van der Waals surface area contributed by atoms with Crippen LogP contribution in [0.15, 0.2) is 24.9 Å². The summed E-state index contributed by atoms with van der Waals surface area (Å²) in [7, 11) is 1.88. The number of nitrogens with zero attached hydrogens (tertiary/aromatic N) is 4. The predicted octanol–water partition coefficient (Wildman–Crippen LogP) is 0.369. The summed E-state index contributed by atoms with van der Waals surface area (Å²) in [4.78, 5) is 12.2. The van der Waals surface area contributed by atoms with Crippen molar-refractivity contribution in [3.63, 3.8) is 0 Å². The van der Waals surface area contributed by atoms with Crippen molar-refractivity contribution in [2.75, 3.05) is 0 Å². The SMILES string of the molecule is Cn1cncc1-c1ncc(CO)cn1. The first kappa shape index (κ1) is 8.83. The number of hydrogen-bond acceptors (Lipinski definition) is 4. The quantitative estimate of drug-likeness (QED) is 0.743. The van der Waals surface area contributed by atoms with Crippen LogP contribution in [0.5, 0.6) is 0 Å². The van der Waals surface area contributed by atoms with E-state index in [4.69, 9.17) is 5.11 Å². The van der Waals surface area contributed by atoms with Crippen molar-refractivity contribution >= 4 is 0 Å². The Bertz CT molecular complexity index is 421. The molecule has 1 N–H and O–H groups in total. The Morgan fingerprint density at radius 3 is 2.50 bits per heavy atom. The summed E-state index contributed by atoms with van der Waals surface area (Å²) in [5.74, 6) is 0.613. The van der Waals surface area contributed by atoms with E-state index in [2.05, 4.69) is 15.0 Å². The summed E-state index contributed by atoms with van der Waals surface area (Å²) < 4.78 is 1.84. The highest BCUT2D eigenvalue weighted by atomic mass is 16.3. The third kappa shape index (κ3) is 1.49. The average molecular weight is 190 g/mol. The lowest BCUT2D eigenvalue weighted by molar-refractivity contribution is 0.281. The fraction of sp³-hybridized carbons (Fsp3) is 0.222. The van der Waals surface area contributed by atoms with Gasteiger partial charge in [0, 0.05) is 25.0 Å². The maximum atomic E-state index is 8.82. The molecule has 0 saturated heterocycles. The standard InChI is InChI=1S/C9H10N4O/c1-13-6-10-4-8(13)9-11-2-7(5-14)3-12-9/h2-4,6,14H,5H2,1H3. The summed E-state index contributed by atoms with van der Waals surface area (Å²) in [6, 6.07) is 0. The number of hydrogen-bond donors (Lipinski definition) is 1. The molecule has 0 aliphatic heterocycles. The molecule has 5 nitrogen and oxygen atoms in total. The largest absolute Gasteiger partial charge is 0.392 e. The molecule has 14 heavy (non-hydrogen) atoms. The van der Waals surface area contributed by atoms with Crippen molar-refractivity contribution in [2.24, 2.45) is 7.05 Å². The Labute approximate surface area is 81.1 Å². The lowest BCUT2D eigenvalue weighted by Gasteiger charge is -2.00. The molecule has 0 radical (unpaired) electrons. The van der Waals surface area contributed by atoms with Gasteiger partial charge in [0.05, 0.1) is 19.1 Å². The fourth-order valence-corrected chi connectivity index (χ4v) is 1.14. The zero-order valence-corrected chi connectivity index (χ0v) is 7.75. The zero-order valence-electron chi connectivity index (χ0n) is 7.75. The molecule has 0 aromatic carbocycles. The molecule has 0 unspecified atom stereocenters. The van der Waals surface area contributed by atoms with E-state index in [1.54, 1.807) is 24.9 Å². The van der Waals surface area contributed by atoms with Gasteiger partial charge in [0.25, 0.3) is 0 Å². The van der Waals surface area contributed by atoms with E-state index < -0.39 is 0 Å². The monoisotopic (exact) mass is 190 g/mol. The number of rotatable bonds is 2. The van der Waals surface area contributed by atoms with Gasteiger partial charge in [0.2, 0.25) is 0 Å². The highest BCUT2D eigenvalue weighted by molar-refractivity contribution is 5.47. The van der Waals surface area contributed by atoms with Gasteiger partial charge in [-0.1, -0.05) is 0 Å². The van der Waals surface area contributed by atoms with E-state index in [-0.39, 0.29) is 6.61 Å². The summed E-state index contributed by atoms with van der Waals surface area (Å²) in [5.41, 5.74) is 1.56. The molecule has 0 aliphatic carbocycles. The van der Waals surface area contributed by atoms with E-state index in [0.29, 0.717) is 11.4 Å². The molecular weight excluding hydrogens is 180 g/mol. The van der Waals surface area contributed by atoms with Gasteiger partial charge in [-0.3, -0.25) is 0 Å². The molecule has 5 heteroatoms. The van der Waals surface area contributed by atoms with Crippen molar-refractivity contribution < 1.29 is 5.11 Å². The molecule has 0 atom stereocenters. The van der Waals surface area contributed by atoms with Crippen molar-refractivity contribution in [3.05, 3.63) is 30.5 Å². The maximum Gasteiger partial charge on any atom is 0.177 e. The van der Waals surface area contributed by atoms with Gasteiger partial charge >= 0.3 is 0 Å². The first-order valence-electron chi connectivity index (χ1n) is 4.19. The third-order valence-corrected chi connectivity index (χ3v) is 1.93. The summed E-state index contributed by atoms with van der Waals surface area (Å²) in [5, 5.41) is 8.82. The molecule has 72 valence electrons. The van der Waals surface area contributed by atoms with Gasteiger partial charge in [-0.25, -0.2) is 15.0 Å². The van der Waals surface area contributed by atoms with Gasteiger partial charge in [-0.2, -0.15) is 0 Å². The molecule has 0 saturated carbocycles. The van der Waals surface area contributed by atoms with E-state index >= 15 is 0 Å². The number of aryl methyl sites for hydroxylation is 1. The second-order valence-corrected chi connectivity index (χ2v) is 2.96. The molecule has 0 bridgehead atoms. The molecule has 2 rings (SSSR count). The minimum atomic E-state index is -0.0360. The Balaban J connectivity index is 2.39. The molecular formula is C9H10N4O. The zero-order chi connectivity index (χ0) is 9.97. The van der Waals surface area contributed by atoms with Gasteiger partial charge < -0.3 is 9.67 Å². The van der Waals surface area contributed by atoms with Crippen LogP contribution in [0.3, 0.4) is 0 Å². The Kier molecular flexibility index (Phi) is 2.24. The number of aliphatic hydroxyl groups excluding tert-OH is 1. The van der Waals surface area contributed by atoms with E-state index in [1.165, 1.54) is 0 Å². The topological polar surface area (TPSA) is 63.8 Å². The summed E-state index contributed by atoms with van der Waals surface area (Å²) in [6.07, 6.45) is 6.61. The van der Waals surface area contributed by atoms with Crippen molar-refractivity contribution in [1.82, 2.24) is 19.5 Å². The van der Waals surface area contributed by atoms with E-state index in [1.807, 2.05) is 11.6 Å². The van der Waals surface area contributed by atoms with Gasteiger partial charge in [-0.05, 0) is 0 Å². The van der Waals surface area contributed by atoms with Crippen LogP contribution in [0.2, 0.25) is 0 Å². The fourth-order valence-electron chi connectivity index (χ4n) is 1.14. The minimum Gasteiger partial charge on any atom is -0.392 e. The minimum absolute atomic E-state index is 0.0360. The van der Waals surface area contributed by atoms with Crippen LogP contribution in [-0.4, -0.2) is 24.6 Å². The number of aliphatic hydroxyl groups is 1. The normalized spacial score (nSPS) is 10.4. The third-order valence-electron chi connectivity index (χ3n) is 1.93. The van der Waals surface area contributed by atoms with Crippen LogP contribution >= 0.6 is 0 Å². The Hall–Kier alpha value is -1.75. The second-order valence-electron chi connectivity index (χ2n) is 2.96. The summed E-state index contributed by atoms with van der Waals surface area (Å²) in [6.45, 7) is -0.0360. The number of aromatic nitrogens is 4. The predicted molar refractivity (Wildman–Crippen MR) is 50.2 cm³/mol. The highest BCUT2D eigenvalue weighted by Crippen LogP contribution is 2.11. The van der Waals surface area contributed by atoms with Crippen LogP contribution in [0.25, 0.3) is 11.5 Å². The van der Waals surface area contributed by atoms with Crippen molar-refractivity contribution in [1.29, 1.82) is 0 Å². The Morgan fingerprint density at radius 1 is 1.29 bits per heavy atom. The first-order valence-corrected chi connectivity index (χ1v) is 4.19. The molecule has 0 spiro atoms. The average Bonchev–Trinajstić information content (AvgIpc) is 2.65. The second kappa shape index (κ2) is 3.55. The molecule has 0 fully saturated rings. The first-order chi connectivity index (χ1) is 6.81. The van der Waals surface area contributed by atoms with E-state index in [0.717, 1.165) is 5.69 Å². The smallest absolute Gasteiger partial charge is 0.177 e. The number of imidazole rings is 1. The Morgan fingerprint density at radius 2 is 2.00 bits per heavy atom. The van der Waals surface area contributed by atoms with Crippen LogP contribution in [0.1, 0.15) is 5.56 Å². The van der Waals surface area contributed by atoms with Crippen LogP contribution in [0.4, 0.5) is 0 Å². The summed E-state index contributed by atoms with van der Waals surface area (Å²) >= 11 is 0.